The van der Waals surface area contributed by atoms with Crippen LogP contribution in [0.5, 0.6) is 0 Å². The van der Waals surface area contributed by atoms with Crippen molar-refractivity contribution in [1.29, 1.82) is 0 Å². The molecule has 0 saturated carbocycles. The number of benzene rings is 1. The second-order valence-electron chi connectivity index (χ2n) is 5.41. The molecule has 1 aromatic heterocycles. The topological polar surface area (TPSA) is 34.9 Å². The van der Waals surface area contributed by atoms with Gasteiger partial charge in [0.05, 0.1) is 11.1 Å². The Kier molecular flexibility index (Phi) is 3.77. The van der Waals surface area contributed by atoms with E-state index in [4.69, 9.17) is 0 Å². The normalized spacial score (nSPS) is 11.7. The molecule has 0 unspecified atom stereocenters. The Balaban J connectivity index is 2.71. The van der Waals surface area contributed by atoms with Crippen molar-refractivity contribution >= 4 is 22.2 Å². The largest absolute Gasteiger partial charge is 0.298 e. The van der Waals surface area contributed by atoms with Gasteiger partial charge in [-0.1, -0.05) is 0 Å². The molecule has 0 bridgehead atoms. The zero-order chi connectivity index (χ0) is 15.1. The Morgan fingerprint density at radius 3 is 2.20 bits per heavy atom. The van der Waals surface area contributed by atoms with Crippen LogP contribution in [0.4, 0.5) is 8.78 Å². The minimum atomic E-state index is -0.710. The molecule has 6 heteroatoms. The zero-order valence-corrected chi connectivity index (χ0v) is 12.8. The number of rotatable bonds is 2. The average Bonchev–Trinajstić information content (AvgIpc) is 2.64. The van der Waals surface area contributed by atoms with Crippen molar-refractivity contribution in [3.63, 3.8) is 0 Å². The summed E-state index contributed by atoms with van der Waals surface area (Å²) in [5, 5.41) is 4.31. The molecule has 0 saturated heterocycles. The Bertz CT molecular complexity index is 654. The Labute approximate surface area is 123 Å². The van der Waals surface area contributed by atoms with Gasteiger partial charge in [0, 0.05) is 11.6 Å². The van der Waals surface area contributed by atoms with Gasteiger partial charge in [-0.3, -0.25) is 9.48 Å². The summed E-state index contributed by atoms with van der Waals surface area (Å²) >= 11 is 3.31. The summed E-state index contributed by atoms with van der Waals surface area (Å²) in [7, 11) is 0. The Morgan fingerprint density at radius 1 is 1.20 bits per heavy atom. The van der Waals surface area contributed by atoms with Crippen LogP contribution in [0, 0.1) is 11.6 Å². The summed E-state index contributed by atoms with van der Waals surface area (Å²) in [4.78, 5) is 11.3. The quantitative estimate of drug-likeness (QED) is 0.768. The highest BCUT2D eigenvalue weighted by Gasteiger charge is 2.24. The third kappa shape index (κ3) is 2.65. The van der Waals surface area contributed by atoms with E-state index >= 15 is 0 Å². The number of halogens is 3. The third-order valence-corrected chi connectivity index (χ3v) is 3.52. The van der Waals surface area contributed by atoms with E-state index in [1.165, 1.54) is 0 Å². The molecule has 0 fully saturated rings. The molecule has 2 rings (SSSR count). The van der Waals surface area contributed by atoms with Crippen molar-refractivity contribution in [1.82, 2.24) is 9.78 Å². The first-order valence-corrected chi connectivity index (χ1v) is 6.74. The summed E-state index contributed by atoms with van der Waals surface area (Å²) in [5.74, 6) is -1.42. The van der Waals surface area contributed by atoms with Gasteiger partial charge in [-0.2, -0.15) is 5.10 Å². The number of aromatic nitrogens is 2. The molecule has 0 radical (unpaired) electrons. The van der Waals surface area contributed by atoms with Crippen LogP contribution < -0.4 is 0 Å². The maximum atomic E-state index is 13.3. The summed E-state index contributed by atoms with van der Waals surface area (Å²) in [5.41, 5.74) is 0.374. The molecule has 20 heavy (non-hydrogen) atoms. The van der Waals surface area contributed by atoms with Crippen LogP contribution in [0.25, 0.3) is 11.3 Å². The van der Waals surface area contributed by atoms with E-state index in [1.54, 1.807) is 4.68 Å². The van der Waals surface area contributed by atoms with Gasteiger partial charge in [-0.25, -0.2) is 8.78 Å². The number of nitrogens with zero attached hydrogens (tertiary/aromatic N) is 2. The maximum Gasteiger partial charge on any atom is 0.155 e. The average molecular weight is 343 g/mol. The molecule has 0 amide bonds. The SMILES string of the molecule is CC(C)(C)n1nc(-c2cc(F)cc(F)c2)c(C=O)c1Br. The minimum Gasteiger partial charge on any atom is -0.298 e. The van der Waals surface area contributed by atoms with Crippen molar-refractivity contribution in [2.75, 3.05) is 0 Å². The fraction of sp³-hybridized carbons (Fsp3) is 0.286. The molecule has 0 spiro atoms. The molecule has 2 aromatic rings. The van der Waals surface area contributed by atoms with Crippen LogP contribution >= 0.6 is 15.9 Å². The summed E-state index contributed by atoms with van der Waals surface area (Å²) < 4.78 is 28.7. The Hall–Kier alpha value is -1.56. The molecular formula is C14H13BrF2N2O. The van der Waals surface area contributed by atoms with Crippen molar-refractivity contribution < 1.29 is 13.6 Å². The van der Waals surface area contributed by atoms with Gasteiger partial charge < -0.3 is 0 Å². The van der Waals surface area contributed by atoms with Crippen LogP contribution in [0.3, 0.4) is 0 Å². The lowest BCUT2D eigenvalue weighted by molar-refractivity contribution is 0.112. The first-order valence-electron chi connectivity index (χ1n) is 5.94. The highest BCUT2D eigenvalue weighted by atomic mass is 79.9. The van der Waals surface area contributed by atoms with E-state index < -0.39 is 11.6 Å². The first kappa shape index (κ1) is 14.8. The second-order valence-corrected chi connectivity index (χ2v) is 6.16. The van der Waals surface area contributed by atoms with E-state index in [0.29, 0.717) is 10.9 Å². The van der Waals surface area contributed by atoms with E-state index in [-0.39, 0.29) is 22.4 Å². The number of hydrogen-bond donors (Lipinski definition) is 0. The number of hydrogen-bond acceptors (Lipinski definition) is 2. The molecule has 106 valence electrons. The van der Waals surface area contributed by atoms with Crippen LogP contribution in [0.1, 0.15) is 31.1 Å². The number of aldehydes is 1. The molecule has 0 aliphatic rings. The second kappa shape index (κ2) is 5.09. The molecule has 0 atom stereocenters. The lowest BCUT2D eigenvalue weighted by Crippen LogP contribution is -2.23. The fourth-order valence-electron chi connectivity index (χ4n) is 1.86. The van der Waals surface area contributed by atoms with Crippen LogP contribution in [0.2, 0.25) is 0 Å². The molecule has 1 heterocycles. The predicted octanol–water partition coefficient (Wildman–Crippen LogP) is 4.16. The first-order chi connectivity index (χ1) is 9.24. The molecule has 1 aromatic carbocycles. The zero-order valence-electron chi connectivity index (χ0n) is 11.2. The number of carbonyl (C=O) groups excluding carboxylic acids is 1. The predicted molar refractivity (Wildman–Crippen MR) is 75.7 cm³/mol. The van der Waals surface area contributed by atoms with E-state index in [2.05, 4.69) is 21.0 Å². The van der Waals surface area contributed by atoms with E-state index in [0.717, 1.165) is 18.2 Å². The fourth-order valence-corrected chi connectivity index (χ4v) is 2.75. The van der Waals surface area contributed by atoms with Crippen molar-refractivity contribution in [2.24, 2.45) is 0 Å². The highest BCUT2D eigenvalue weighted by Crippen LogP contribution is 2.32. The van der Waals surface area contributed by atoms with Gasteiger partial charge >= 0.3 is 0 Å². The van der Waals surface area contributed by atoms with Crippen LogP contribution in [-0.2, 0) is 5.54 Å². The van der Waals surface area contributed by atoms with Crippen molar-refractivity contribution in [3.8, 4) is 11.3 Å². The maximum absolute atomic E-state index is 13.3. The van der Waals surface area contributed by atoms with E-state index in [9.17, 15) is 13.6 Å². The molecule has 3 nitrogen and oxygen atoms in total. The lowest BCUT2D eigenvalue weighted by Gasteiger charge is -2.20. The van der Waals surface area contributed by atoms with Crippen LogP contribution in [-0.4, -0.2) is 16.1 Å². The molecule has 0 aliphatic carbocycles. The lowest BCUT2D eigenvalue weighted by atomic mass is 10.1. The molecular weight excluding hydrogens is 330 g/mol. The van der Waals surface area contributed by atoms with Crippen molar-refractivity contribution in [3.05, 3.63) is 40.0 Å². The van der Waals surface area contributed by atoms with Gasteiger partial charge in [-0.05, 0) is 48.8 Å². The molecule has 0 N–H and O–H groups in total. The monoisotopic (exact) mass is 342 g/mol. The van der Waals surface area contributed by atoms with Gasteiger partial charge in [0.25, 0.3) is 0 Å². The van der Waals surface area contributed by atoms with Gasteiger partial charge in [0.2, 0.25) is 0 Å². The van der Waals surface area contributed by atoms with Crippen LogP contribution in [0.15, 0.2) is 22.8 Å². The van der Waals surface area contributed by atoms with Gasteiger partial charge in [0.1, 0.15) is 21.9 Å². The van der Waals surface area contributed by atoms with Gasteiger partial charge in [-0.15, -0.1) is 0 Å². The van der Waals surface area contributed by atoms with E-state index in [1.807, 2.05) is 20.8 Å². The summed E-state index contributed by atoms with van der Waals surface area (Å²) in [6.07, 6.45) is 0.622. The smallest absolute Gasteiger partial charge is 0.155 e. The summed E-state index contributed by atoms with van der Waals surface area (Å²) in [6.45, 7) is 5.74. The minimum absolute atomic E-state index is 0.230. The third-order valence-electron chi connectivity index (χ3n) is 2.75. The van der Waals surface area contributed by atoms with Crippen molar-refractivity contribution in [2.45, 2.75) is 26.3 Å². The number of carbonyl (C=O) groups is 1. The highest BCUT2D eigenvalue weighted by molar-refractivity contribution is 9.10. The Morgan fingerprint density at radius 2 is 1.75 bits per heavy atom. The summed E-state index contributed by atoms with van der Waals surface area (Å²) in [6, 6.07) is 3.08. The molecule has 0 aliphatic heterocycles. The standard InChI is InChI=1S/C14H13BrF2N2O/c1-14(2,3)19-13(15)11(7-20)12(18-19)8-4-9(16)6-10(17)5-8/h4-7H,1-3H3. The van der Waals surface area contributed by atoms with Gasteiger partial charge in [0.15, 0.2) is 6.29 Å².